The van der Waals surface area contributed by atoms with Crippen LogP contribution in [0.15, 0.2) is 18.6 Å². The summed E-state index contributed by atoms with van der Waals surface area (Å²) in [6.07, 6.45) is 10.1. The lowest BCUT2D eigenvalue weighted by molar-refractivity contribution is 0.112. The van der Waals surface area contributed by atoms with Crippen LogP contribution in [0.1, 0.15) is 32.1 Å². The van der Waals surface area contributed by atoms with Gasteiger partial charge in [0.15, 0.2) is 0 Å². The molecule has 22 heavy (non-hydrogen) atoms. The number of nitrogens with zero attached hydrogens (tertiary/aromatic N) is 5. The van der Waals surface area contributed by atoms with Crippen molar-refractivity contribution >= 4 is 5.82 Å². The molecule has 2 saturated heterocycles. The topological polar surface area (TPSA) is 35.5 Å². The minimum atomic E-state index is 0.607. The van der Waals surface area contributed by atoms with E-state index in [0.717, 1.165) is 11.9 Å². The van der Waals surface area contributed by atoms with E-state index in [0.29, 0.717) is 6.04 Å². The summed E-state index contributed by atoms with van der Waals surface area (Å²) in [5.41, 5.74) is 0. The van der Waals surface area contributed by atoms with Gasteiger partial charge < -0.3 is 14.7 Å². The minimum absolute atomic E-state index is 0.607. The summed E-state index contributed by atoms with van der Waals surface area (Å²) >= 11 is 0. The van der Waals surface area contributed by atoms with E-state index >= 15 is 0 Å². The fourth-order valence-electron chi connectivity index (χ4n) is 3.84. The van der Waals surface area contributed by atoms with E-state index in [9.17, 15) is 0 Å². The predicted molar refractivity (Wildman–Crippen MR) is 90.2 cm³/mol. The van der Waals surface area contributed by atoms with Crippen LogP contribution in [-0.4, -0.2) is 72.1 Å². The molecule has 3 heterocycles. The maximum Gasteiger partial charge on any atom is 0.131 e. The van der Waals surface area contributed by atoms with Crippen LogP contribution in [0.3, 0.4) is 0 Å². The van der Waals surface area contributed by atoms with Crippen molar-refractivity contribution in [3.63, 3.8) is 0 Å². The average Bonchev–Trinajstić information content (AvgIpc) is 2.58. The number of hydrogen-bond acceptors (Lipinski definition) is 5. The summed E-state index contributed by atoms with van der Waals surface area (Å²) in [7, 11) is 4.46. The highest BCUT2D eigenvalue weighted by atomic mass is 15.2. The number of aromatic nitrogens is 2. The molecule has 0 aliphatic carbocycles. The lowest BCUT2D eigenvalue weighted by Crippen LogP contribution is -2.49. The van der Waals surface area contributed by atoms with E-state index in [1.165, 1.54) is 58.3 Å². The Kier molecular flexibility index (Phi) is 5.26. The lowest BCUT2D eigenvalue weighted by Gasteiger charge is -2.41. The Labute approximate surface area is 134 Å². The molecular formula is C17H29N5. The van der Waals surface area contributed by atoms with Crippen LogP contribution >= 0.6 is 0 Å². The molecule has 0 spiro atoms. The van der Waals surface area contributed by atoms with Crippen LogP contribution < -0.4 is 4.90 Å². The van der Waals surface area contributed by atoms with Crippen molar-refractivity contribution in [1.82, 2.24) is 19.8 Å². The Bertz CT molecular complexity index is 444. The van der Waals surface area contributed by atoms with Crippen LogP contribution in [0.5, 0.6) is 0 Å². The van der Waals surface area contributed by atoms with Crippen molar-refractivity contribution in [3.05, 3.63) is 18.6 Å². The van der Waals surface area contributed by atoms with Gasteiger partial charge in [0.25, 0.3) is 0 Å². The Hall–Kier alpha value is -1.20. The van der Waals surface area contributed by atoms with E-state index in [4.69, 9.17) is 0 Å². The van der Waals surface area contributed by atoms with Crippen molar-refractivity contribution in [1.29, 1.82) is 0 Å². The number of likely N-dealkylation sites (tertiary alicyclic amines) is 2. The maximum absolute atomic E-state index is 4.37. The number of piperidine rings is 2. The molecule has 2 fully saturated rings. The maximum atomic E-state index is 4.37. The smallest absolute Gasteiger partial charge is 0.131 e. The molecule has 122 valence electrons. The van der Waals surface area contributed by atoms with Gasteiger partial charge in [0.1, 0.15) is 12.1 Å². The largest absolute Gasteiger partial charge is 0.356 e. The highest BCUT2D eigenvalue weighted by molar-refractivity contribution is 5.36. The van der Waals surface area contributed by atoms with Gasteiger partial charge in [0.2, 0.25) is 0 Å². The van der Waals surface area contributed by atoms with E-state index in [-0.39, 0.29) is 0 Å². The third kappa shape index (κ3) is 3.76. The van der Waals surface area contributed by atoms with E-state index < -0.39 is 0 Å². The highest BCUT2D eigenvalue weighted by Gasteiger charge is 2.26. The van der Waals surface area contributed by atoms with Gasteiger partial charge in [-0.1, -0.05) is 6.42 Å². The molecule has 1 atom stereocenters. The van der Waals surface area contributed by atoms with E-state index in [1.807, 2.05) is 12.3 Å². The first-order valence-corrected chi connectivity index (χ1v) is 8.65. The zero-order chi connectivity index (χ0) is 15.4. The summed E-state index contributed by atoms with van der Waals surface area (Å²) in [6, 6.07) is 3.38. The number of rotatable bonds is 4. The second kappa shape index (κ2) is 7.38. The summed E-state index contributed by atoms with van der Waals surface area (Å²) in [5.74, 6) is 1.04. The number of hydrogen-bond donors (Lipinski definition) is 0. The first kappa shape index (κ1) is 15.7. The monoisotopic (exact) mass is 303 g/mol. The Morgan fingerprint density at radius 1 is 1.18 bits per heavy atom. The third-order valence-electron chi connectivity index (χ3n) is 5.42. The molecule has 0 aromatic carbocycles. The molecule has 2 aliphatic rings. The van der Waals surface area contributed by atoms with Gasteiger partial charge in [-0.3, -0.25) is 0 Å². The Morgan fingerprint density at radius 2 is 2.00 bits per heavy atom. The van der Waals surface area contributed by atoms with Crippen molar-refractivity contribution in [2.24, 2.45) is 0 Å². The van der Waals surface area contributed by atoms with Crippen molar-refractivity contribution in [3.8, 4) is 0 Å². The summed E-state index contributed by atoms with van der Waals surface area (Å²) in [6.45, 7) is 4.95. The van der Waals surface area contributed by atoms with Crippen LogP contribution in [-0.2, 0) is 0 Å². The first-order chi connectivity index (χ1) is 10.7. The molecule has 0 radical (unpaired) electrons. The summed E-state index contributed by atoms with van der Waals surface area (Å²) in [4.78, 5) is 15.9. The average molecular weight is 303 g/mol. The van der Waals surface area contributed by atoms with Gasteiger partial charge in [0.05, 0.1) is 0 Å². The molecular weight excluding hydrogens is 274 g/mol. The van der Waals surface area contributed by atoms with Crippen molar-refractivity contribution < 1.29 is 0 Å². The van der Waals surface area contributed by atoms with Crippen molar-refractivity contribution in [2.45, 2.75) is 44.2 Å². The standard InChI is InChI=1S/C17H29N5/c1-20-10-4-3-5-16(20)13-22-11-7-15(8-12-22)21(2)17-6-9-18-14-19-17/h6,9,14-16H,3-5,7-8,10-13H2,1-2H3. The van der Waals surface area contributed by atoms with Crippen LogP contribution in [0, 0.1) is 0 Å². The molecule has 1 aromatic rings. The van der Waals surface area contributed by atoms with Gasteiger partial charge in [-0.05, 0) is 45.3 Å². The lowest BCUT2D eigenvalue weighted by atomic mass is 9.99. The Morgan fingerprint density at radius 3 is 2.68 bits per heavy atom. The first-order valence-electron chi connectivity index (χ1n) is 8.65. The summed E-state index contributed by atoms with van der Waals surface area (Å²) < 4.78 is 0. The van der Waals surface area contributed by atoms with Crippen LogP contribution in [0.25, 0.3) is 0 Å². The zero-order valence-corrected chi connectivity index (χ0v) is 14.0. The van der Waals surface area contributed by atoms with Crippen LogP contribution in [0.2, 0.25) is 0 Å². The van der Waals surface area contributed by atoms with Gasteiger partial charge in [-0.15, -0.1) is 0 Å². The van der Waals surface area contributed by atoms with E-state index in [1.54, 1.807) is 6.33 Å². The molecule has 0 bridgehead atoms. The van der Waals surface area contributed by atoms with Crippen LogP contribution in [0.4, 0.5) is 5.82 Å². The van der Waals surface area contributed by atoms with Gasteiger partial charge in [-0.25, -0.2) is 9.97 Å². The van der Waals surface area contributed by atoms with Gasteiger partial charge >= 0.3 is 0 Å². The third-order valence-corrected chi connectivity index (χ3v) is 5.42. The normalized spacial score (nSPS) is 25.3. The molecule has 0 amide bonds. The molecule has 1 aromatic heterocycles. The van der Waals surface area contributed by atoms with Gasteiger partial charge in [-0.2, -0.15) is 0 Å². The summed E-state index contributed by atoms with van der Waals surface area (Å²) in [5, 5.41) is 0. The molecule has 3 rings (SSSR count). The highest BCUT2D eigenvalue weighted by Crippen LogP contribution is 2.22. The molecule has 1 unspecified atom stereocenters. The molecule has 0 saturated carbocycles. The SMILES string of the molecule is CN1CCCCC1CN1CCC(N(C)c2ccncn2)CC1. The predicted octanol–water partition coefficient (Wildman–Crippen LogP) is 1.86. The fraction of sp³-hybridized carbons (Fsp3) is 0.765. The molecule has 0 N–H and O–H groups in total. The number of likely N-dealkylation sites (N-methyl/N-ethyl adjacent to an activating group) is 1. The Balaban J connectivity index is 1.48. The minimum Gasteiger partial charge on any atom is -0.356 e. The second-order valence-electron chi connectivity index (χ2n) is 6.84. The molecule has 2 aliphatic heterocycles. The zero-order valence-electron chi connectivity index (χ0n) is 14.0. The van der Waals surface area contributed by atoms with Gasteiger partial charge in [0, 0.05) is 45.0 Å². The fourth-order valence-corrected chi connectivity index (χ4v) is 3.84. The quantitative estimate of drug-likeness (QED) is 0.848. The number of anilines is 1. The second-order valence-corrected chi connectivity index (χ2v) is 6.84. The van der Waals surface area contributed by atoms with E-state index in [2.05, 4.69) is 38.8 Å². The molecule has 5 heteroatoms. The molecule has 5 nitrogen and oxygen atoms in total. The van der Waals surface area contributed by atoms with Crippen molar-refractivity contribution in [2.75, 3.05) is 45.2 Å².